The van der Waals surface area contributed by atoms with E-state index in [9.17, 15) is 4.79 Å². The molecule has 0 unspecified atom stereocenters. The lowest BCUT2D eigenvalue weighted by Crippen LogP contribution is -2.19. The normalized spacial score (nSPS) is 8.26. The van der Waals surface area contributed by atoms with Crippen molar-refractivity contribution in [2.24, 2.45) is 5.73 Å². The van der Waals surface area contributed by atoms with E-state index in [-0.39, 0.29) is 11.3 Å². The Morgan fingerprint density at radius 2 is 1.42 bits per heavy atom. The molecular weight excluding hydrogens is 244 g/mol. The number of benzene rings is 1. The van der Waals surface area contributed by atoms with Gasteiger partial charge in [0, 0.05) is 11.4 Å². The van der Waals surface area contributed by atoms with Gasteiger partial charge in [-0.3, -0.25) is 0 Å². The molecule has 0 aliphatic carbocycles. The lowest BCUT2D eigenvalue weighted by Gasteiger charge is -2.06. The molecule has 0 atom stereocenters. The van der Waals surface area contributed by atoms with Crippen LogP contribution >= 0.6 is 0 Å². The third-order valence-corrected chi connectivity index (χ3v) is 2.01. The van der Waals surface area contributed by atoms with Crippen LogP contribution in [0.5, 0.6) is 0 Å². The Morgan fingerprint density at radius 3 is 1.79 bits per heavy atom. The summed E-state index contributed by atoms with van der Waals surface area (Å²) in [7, 11) is 0. The summed E-state index contributed by atoms with van der Waals surface area (Å²) < 4.78 is 0. The number of anilines is 2. The van der Waals surface area contributed by atoms with Crippen LogP contribution < -0.4 is 16.4 Å². The van der Waals surface area contributed by atoms with E-state index in [4.69, 9.17) is 21.5 Å². The third kappa shape index (κ3) is 3.77. The minimum Gasteiger partial charge on any atom is -0.351 e. The fourth-order valence-electron chi connectivity index (χ4n) is 1.21. The van der Waals surface area contributed by atoms with Gasteiger partial charge in [-0.1, -0.05) is 0 Å². The van der Waals surface area contributed by atoms with Gasteiger partial charge < -0.3 is 16.4 Å². The third-order valence-electron chi connectivity index (χ3n) is 2.01. The average Bonchev–Trinajstić information content (AvgIpc) is 2.40. The van der Waals surface area contributed by atoms with E-state index in [0.29, 0.717) is 11.4 Å². The summed E-state index contributed by atoms with van der Waals surface area (Å²) in [5.41, 5.74) is 5.49. The summed E-state index contributed by atoms with van der Waals surface area (Å²) in [5, 5.41) is 31.2. The Balaban J connectivity index is 2.93. The van der Waals surface area contributed by atoms with Gasteiger partial charge in [0.1, 0.15) is 23.9 Å². The van der Waals surface area contributed by atoms with Crippen molar-refractivity contribution in [3.8, 4) is 18.2 Å². The summed E-state index contributed by atoms with van der Waals surface area (Å²) in [6.45, 7) is 0. The van der Waals surface area contributed by atoms with E-state index in [1.807, 2.05) is 0 Å². The Hall–Kier alpha value is -3.50. The van der Waals surface area contributed by atoms with Crippen molar-refractivity contribution in [1.29, 1.82) is 15.8 Å². The number of hydrogen-bond acceptors (Lipinski definition) is 5. The number of urea groups is 1. The van der Waals surface area contributed by atoms with Gasteiger partial charge in [0.05, 0.1) is 0 Å². The molecule has 1 aromatic carbocycles. The van der Waals surface area contributed by atoms with Crippen molar-refractivity contribution in [1.82, 2.24) is 0 Å². The highest BCUT2D eigenvalue weighted by Gasteiger charge is 2.06. The fraction of sp³-hybridized carbons (Fsp3) is 0. The van der Waals surface area contributed by atoms with Gasteiger partial charge in [0.15, 0.2) is 5.57 Å². The summed E-state index contributed by atoms with van der Waals surface area (Å²) in [6.07, 6.45) is 0. The number of hydrogen-bond donors (Lipinski definition) is 3. The number of primary amides is 1. The highest BCUT2D eigenvalue weighted by Crippen LogP contribution is 2.16. The van der Waals surface area contributed by atoms with Crippen molar-refractivity contribution in [2.75, 3.05) is 10.6 Å². The molecule has 0 spiro atoms. The maximum atomic E-state index is 10.6. The zero-order valence-corrected chi connectivity index (χ0v) is 9.64. The number of nitrogens with zero attached hydrogens (tertiary/aromatic N) is 3. The summed E-state index contributed by atoms with van der Waals surface area (Å²) in [4.78, 5) is 10.6. The van der Waals surface area contributed by atoms with Gasteiger partial charge in [0.25, 0.3) is 0 Å². The fourth-order valence-corrected chi connectivity index (χ4v) is 1.21. The van der Waals surface area contributed by atoms with Crippen LogP contribution in [0.3, 0.4) is 0 Å². The van der Waals surface area contributed by atoms with Gasteiger partial charge in [-0.2, -0.15) is 15.8 Å². The van der Waals surface area contributed by atoms with Crippen molar-refractivity contribution >= 4 is 17.4 Å². The molecule has 0 fully saturated rings. The first-order valence-corrected chi connectivity index (χ1v) is 4.98. The van der Waals surface area contributed by atoms with Crippen LogP contribution in [0.1, 0.15) is 0 Å². The first-order chi connectivity index (χ1) is 9.10. The SMILES string of the molecule is N#CC(C#N)=C(C#N)Nc1ccc(NC(N)=O)cc1. The molecular formula is C12H8N6O. The molecule has 92 valence electrons. The van der Waals surface area contributed by atoms with Crippen LogP contribution in [-0.2, 0) is 0 Å². The second-order valence-electron chi connectivity index (χ2n) is 3.28. The van der Waals surface area contributed by atoms with Crippen LogP contribution in [0.4, 0.5) is 16.2 Å². The molecule has 0 heterocycles. The number of nitrogens with one attached hydrogen (secondary N) is 2. The molecule has 1 rings (SSSR count). The zero-order chi connectivity index (χ0) is 14.3. The van der Waals surface area contributed by atoms with Crippen LogP contribution in [0, 0.1) is 34.0 Å². The van der Waals surface area contributed by atoms with E-state index >= 15 is 0 Å². The first kappa shape index (κ1) is 13.6. The van der Waals surface area contributed by atoms with Gasteiger partial charge >= 0.3 is 6.03 Å². The van der Waals surface area contributed by atoms with E-state index in [1.165, 1.54) is 0 Å². The van der Waals surface area contributed by atoms with E-state index in [2.05, 4.69) is 10.6 Å². The molecule has 0 bridgehead atoms. The van der Waals surface area contributed by atoms with Crippen LogP contribution in [0.2, 0.25) is 0 Å². The molecule has 7 heteroatoms. The number of allylic oxidation sites excluding steroid dienone is 2. The maximum Gasteiger partial charge on any atom is 0.316 e. The Kier molecular flexibility index (Phi) is 4.49. The smallest absolute Gasteiger partial charge is 0.316 e. The molecule has 19 heavy (non-hydrogen) atoms. The monoisotopic (exact) mass is 252 g/mol. The molecule has 0 saturated heterocycles. The van der Waals surface area contributed by atoms with Crippen LogP contribution in [-0.4, -0.2) is 6.03 Å². The number of nitriles is 3. The molecule has 0 aliphatic heterocycles. The molecule has 0 radical (unpaired) electrons. The summed E-state index contributed by atoms with van der Waals surface area (Å²) in [6, 6.07) is 10.5. The van der Waals surface area contributed by atoms with E-state index in [1.54, 1.807) is 42.5 Å². The molecule has 2 amide bonds. The molecule has 4 N–H and O–H groups in total. The topological polar surface area (TPSA) is 139 Å². The minimum absolute atomic E-state index is 0.138. The highest BCUT2D eigenvalue weighted by atomic mass is 16.2. The summed E-state index contributed by atoms with van der Waals surface area (Å²) in [5.74, 6) is 0. The number of rotatable bonds is 3. The largest absolute Gasteiger partial charge is 0.351 e. The Bertz CT molecular complexity index is 623. The average molecular weight is 252 g/mol. The number of nitrogens with two attached hydrogens (primary N) is 1. The number of amides is 2. The second-order valence-corrected chi connectivity index (χ2v) is 3.28. The quantitative estimate of drug-likeness (QED) is 0.698. The standard InChI is InChI=1S/C12H8N6O/c13-5-8(6-14)11(7-15)17-9-1-3-10(4-2-9)18-12(16)19/h1-4,17H,(H3,16,18,19). The lowest BCUT2D eigenvalue weighted by atomic mass is 10.2. The maximum absolute atomic E-state index is 10.6. The lowest BCUT2D eigenvalue weighted by molar-refractivity contribution is 0.259. The van der Waals surface area contributed by atoms with Gasteiger partial charge in [0.2, 0.25) is 0 Å². The minimum atomic E-state index is -0.686. The van der Waals surface area contributed by atoms with Crippen molar-refractivity contribution < 1.29 is 4.79 Å². The summed E-state index contributed by atoms with van der Waals surface area (Å²) >= 11 is 0. The van der Waals surface area contributed by atoms with E-state index < -0.39 is 6.03 Å². The van der Waals surface area contributed by atoms with Gasteiger partial charge in [-0.05, 0) is 24.3 Å². The number of carbonyl (C=O) groups excluding carboxylic acids is 1. The zero-order valence-electron chi connectivity index (χ0n) is 9.64. The molecule has 7 nitrogen and oxygen atoms in total. The van der Waals surface area contributed by atoms with Gasteiger partial charge in [-0.15, -0.1) is 0 Å². The van der Waals surface area contributed by atoms with Crippen molar-refractivity contribution in [2.45, 2.75) is 0 Å². The first-order valence-electron chi connectivity index (χ1n) is 4.98. The molecule has 1 aromatic rings. The van der Waals surface area contributed by atoms with Gasteiger partial charge in [-0.25, -0.2) is 4.79 Å². The molecule has 0 aliphatic rings. The Morgan fingerprint density at radius 1 is 0.947 bits per heavy atom. The predicted octanol–water partition coefficient (Wildman–Crippen LogP) is 1.41. The van der Waals surface area contributed by atoms with Crippen LogP contribution in [0.15, 0.2) is 35.5 Å². The van der Waals surface area contributed by atoms with Crippen molar-refractivity contribution in [3.05, 3.63) is 35.5 Å². The molecule has 0 saturated carbocycles. The second kappa shape index (κ2) is 6.29. The van der Waals surface area contributed by atoms with E-state index in [0.717, 1.165) is 0 Å². The Labute approximate surface area is 109 Å². The molecule has 0 aromatic heterocycles. The predicted molar refractivity (Wildman–Crippen MR) is 67.1 cm³/mol. The number of carbonyl (C=O) groups is 1. The highest BCUT2D eigenvalue weighted by molar-refractivity contribution is 5.88. The van der Waals surface area contributed by atoms with Crippen LogP contribution in [0.25, 0.3) is 0 Å². The van der Waals surface area contributed by atoms with Crippen molar-refractivity contribution in [3.63, 3.8) is 0 Å².